The predicted octanol–water partition coefficient (Wildman–Crippen LogP) is 5.91. The number of amides is 1. The van der Waals surface area contributed by atoms with E-state index in [4.69, 9.17) is 21.4 Å². The van der Waals surface area contributed by atoms with Crippen LogP contribution < -0.4 is 10.1 Å². The summed E-state index contributed by atoms with van der Waals surface area (Å²) in [4.78, 5) is 29.5. The first-order chi connectivity index (χ1) is 18.6. The van der Waals surface area contributed by atoms with Crippen LogP contribution in [0.15, 0.2) is 61.1 Å². The summed E-state index contributed by atoms with van der Waals surface area (Å²) in [7, 11) is 0. The van der Waals surface area contributed by atoms with Gasteiger partial charge in [-0.05, 0) is 54.8 Å². The molecule has 3 aromatic heterocycles. The molecule has 0 spiro atoms. The van der Waals surface area contributed by atoms with E-state index in [1.165, 1.54) is 11.6 Å². The number of aliphatic hydroxyl groups excluding tert-OH is 1. The Hall–Kier alpha value is -3.53. The van der Waals surface area contributed by atoms with Crippen molar-refractivity contribution in [1.29, 1.82) is 0 Å². The van der Waals surface area contributed by atoms with E-state index in [9.17, 15) is 4.79 Å². The normalized spacial score (nSPS) is 12.7. The van der Waals surface area contributed by atoms with E-state index >= 15 is 0 Å². The lowest BCUT2D eigenvalue weighted by Crippen LogP contribution is -2.34. The second-order valence-corrected chi connectivity index (χ2v) is 9.70. The molecule has 0 saturated heterocycles. The van der Waals surface area contributed by atoms with E-state index in [2.05, 4.69) is 20.3 Å². The maximum absolute atomic E-state index is 12.5. The number of thiophene rings is 1. The van der Waals surface area contributed by atoms with Crippen molar-refractivity contribution < 1.29 is 14.6 Å². The van der Waals surface area contributed by atoms with Crippen molar-refractivity contribution in [2.75, 3.05) is 18.5 Å². The number of nitrogens with zero attached hydrogens (tertiary/aromatic N) is 4. The third kappa shape index (κ3) is 6.48. The standard InChI is InChI=1S/C26H24ClN5O3S.C2H6/c27-20-13-17(7-8-21(20)35-15-18-5-1-3-10-28-18)31-25-24-19-9-11-32(23(34)6-2-4-12-33)14-22(19)36-26(24)30-16-29-25;1-2/h1-3,5-8,10,13,16,33H,4,9,11-12,14-15H2,(H,29,30,31);1-2H3/b6-2+;. The van der Waals surface area contributed by atoms with Crippen LogP contribution in [0.4, 0.5) is 11.5 Å². The summed E-state index contributed by atoms with van der Waals surface area (Å²) in [6, 6.07) is 11.2. The number of rotatable bonds is 8. The van der Waals surface area contributed by atoms with Crippen LogP contribution in [-0.4, -0.2) is 44.0 Å². The Labute approximate surface area is 231 Å². The minimum absolute atomic E-state index is 0.0326. The van der Waals surface area contributed by atoms with E-state index in [0.29, 0.717) is 42.7 Å². The Balaban J connectivity index is 0.00000164. The summed E-state index contributed by atoms with van der Waals surface area (Å²) in [6.45, 7) is 5.51. The number of aromatic nitrogens is 3. The Bertz CT molecular complexity index is 1410. The van der Waals surface area contributed by atoms with E-state index in [1.54, 1.807) is 36.0 Å². The Morgan fingerprint density at radius 1 is 1.24 bits per heavy atom. The number of pyridine rings is 1. The fourth-order valence-corrected chi connectivity index (χ4v) is 5.48. The SMILES string of the molecule is CC.O=C(/C=C/CCO)N1CCc2c(sc3ncnc(Nc4ccc(OCc5ccccn5)c(Cl)c4)c23)C1. The second kappa shape index (κ2) is 13.3. The largest absolute Gasteiger partial charge is 0.486 e. The van der Waals surface area contributed by atoms with Gasteiger partial charge in [-0.1, -0.05) is 37.6 Å². The third-order valence-corrected chi connectivity index (χ3v) is 7.22. The summed E-state index contributed by atoms with van der Waals surface area (Å²) < 4.78 is 5.82. The van der Waals surface area contributed by atoms with Crippen LogP contribution in [0.3, 0.4) is 0 Å². The van der Waals surface area contributed by atoms with Crippen molar-refractivity contribution in [3.63, 3.8) is 0 Å². The first-order valence-corrected chi connectivity index (χ1v) is 13.7. The zero-order chi connectivity index (χ0) is 26.9. The van der Waals surface area contributed by atoms with Crippen molar-refractivity contribution >= 4 is 50.6 Å². The number of fused-ring (bicyclic) bond motifs is 3. The van der Waals surface area contributed by atoms with Crippen LogP contribution in [0.25, 0.3) is 10.2 Å². The average molecular weight is 552 g/mol. The molecule has 10 heteroatoms. The van der Waals surface area contributed by atoms with Gasteiger partial charge in [-0.2, -0.15) is 0 Å². The number of carbonyl (C=O) groups excluding carboxylic acids is 1. The number of anilines is 2. The highest BCUT2D eigenvalue weighted by Gasteiger charge is 2.25. The minimum atomic E-state index is -0.0454. The molecule has 8 nitrogen and oxygen atoms in total. The van der Waals surface area contributed by atoms with E-state index in [-0.39, 0.29) is 12.5 Å². The number of hydrogen-bond acceptors (Lipinski definition) is 8. The molecule has 38 heavy (non-hydrogen) atoms. The average Bonchev–Trinajstić information content (AvgIpc) is 3.33. The van der Waals surface area contributed by atoms with Crippen molar-refractivity contribution in [1.82, 2.24) is 19.9 Å². The zero-order valence-corrected chi connectivity index (χ0v) is 22.9. The van der Waals surface area contributed by atoms with Gasteiger partial charge in [0.15, 0.2) is 0 Å². The number of halogens is 1. The second-order valence-electron chi connectivity index (χ2n) is 8.21. The molecule has 0 bridgehead atoms. The molecule has 1 amide bonds. The third-order valence-electron chi connectivity index (χ3n) is 5.80. The molecular formula is C28H30ClN5O3S. The molecule has 1 aliphatic heterocycles. The molecule has 1 aliphatic rings. The van der Waals surface area contributed by atoms with Crippen LogP contribution in [0.5, 0.6) is 5.75 Å². The van der Waals surface area contributed by atoms with Gasteiger partial charge >= 0.3 is 0 Å². The highest BCUT2D eigenvalue weighted by Crippen LogP contribution is 2.38. The highest BCUT2D eigenvalue weighted by molar-refractivity contribution is 7.19. The monoisotopic (exact) mass is 551 g/mol. The summed E-state index contributed by atoms with van der Waals surface area (Å²) in [5.41, 5.74) is 2.78. The lowest BCUT2D eigenvalue weighted by molar-refractivity contribution is -0.126. The van der Waals surface area contributed by atoms with Crippen molar-refractivity contribution in [2.45, 2.75) is 39.8 Å². The molecule has 0 radical (unpaired) electrons. The molecule has 0 saturated carbocycles. The lowest BCUT2D eigenvalue weighted by Gasteiger charge is -2.26. The summed E-state index contributed by atoms with van der Waals surface area (Å²) in [5, 5.41) is 13.8. The number of aliphatic hydroxyl groups is 1. The quantitative estimate of drug-likeness (QED) is 0.262. The number of hydrogen-bond donors (Lipinski definition) is 2. The van der Waals surface area contributed by atoms with Gasteiger partial charge in [-0.25, -0.2) is 9.97 Å². The topological polar surface area (TPSA) is 100 Å². The Morgan fingerprint density at radius 2 is 2.11 bits per heavy atom. The smallest absolute Gasteiger partial charge is 0.246 e. The summed E-state index contributed by atoms with van der Waals surface area (Å²) >= 11 is 8.08. The summed E-state index contributed by atoms with van der Waals surface area (Å²) in [5.74, 6) is 1.24. The number of benzene rings is 1. The van der Waals surface area contributed by atoms with Crippen LogP contribution in [-0.2, 0) is 24.4 Å². The molecule has 0 atom stereocenters. The van der Waals surface area contributed by atoms with Gasteiger partial charge in [0.2, 0.25) is 5.91 Å². The number of carbonyl (C=O) groups is 1. The molecule has 198 valence electrons. The maximum Gasteiger partial charge on any atom is 0.246 e. The predicted molar refractivity (Wildman–Crippen MR) is 152 cm³/mol. The fourth-order valence-electron chi connectivity index (χ4n) is 4.04. The first-order valence-electron chi connectivity index (χ1n) is 12.5. The molecule has 4 heterocycles. The molecule has 0 fully saturated rings. The van der Waals surface area contributed by atoms with Gasteiger partial charge in [-0.15, -0.1) is 11.3 Å². The van der Waals surface area contributed by atoms with Crippen molar-refractivity contribution in [2.24, 2.45) is 0 Å². The number of ether oxygens (including phenoxy) is 1. The van der Waals surface area contributed by atoms with Gasteiger partial charge < -0.3 is 20.1 Å². The minimum Gasteiger partial charge on any atom is -0.486 e. The van der Waals surface area contributed by atoms with Gasteiger partial charge in [0.25, 0.3) is 0 Å². The highest BCUT2D eigenvalue weighted by atomic mass is 35.5. The molecule has 1 aromatic carbocycles. The summed E-state index contributed by atoms with van der Waals surface area (Å²) in [6.07, 6.45) is 7.70. The van der Waals surface area contributed by atoms with E-state index in [1.807, 2.05) is 49.1 Å². The van der Waals surface area contributed by atoms with Crippen LogP contribution in [0, 0.1) is 0 Å². The van der Waals surface area contributed by atoms with Gasteiger partial charge in [0.1, 0.15) is 29.3 Å². The van der Waals surface area contributed by atoms with Gasteiger partial charge in [0, 0.05) is 29.9 Å². The Morgan fingerprint density at radius 3 is 2.87 bits per heavy atom. The lowest BCUT2D eigenvalue weighted by atomic mass is 10.0. The molecular weight excluding hydrogens is 522 g/mol. The molecule has 2 N–H and O–H groups in total. The van der Waals surface area contributed by atoms with Crippen LogP contribution >= 0.6 is 22.9 Å². The van der Waals surface area contributed by atoms with Crippen molar-refractivity contribution in [3.8, 4) is 5.75 Å². The molecule has 5 rings (SSSR count). The molecule has 4 aromatic rings. The van der Waals surface area contributed by atoms with Crippen LogP contribution in [0.1, 0.15) is 36.4 Å². The van der Waals surface area contributed by atoms with Crippen LogP contribution in [0.2, 0.25) is 5.02 Å². The maximum atomic E-state index is 12.5. The van der Waals surface area contributed by atoms with E-state index < -0.39 is 0 Å². The molecule has 0 unspecified atom stereocenters. The van der Waals surface area contributed by atoms with Crippen molar-refractivity contribution in [3.05, 3.63) is 82.2 Å². The van der Waals surface area contributed by atoms with Gasteiger partial charge in [0.05, 0.1) is 22.6 Å². The molecule has 0 aliphatic carbocycles. The number of nitrogens with one attached hydrogen (secondary N) is 1. The fraction of sp³-hybridized carbons (Fsp3) is 0.286. The van der Waals surface area contributed by atoms with Gasteiger partial charge in [-0.3, -0.25) is 9.78 Å². The first kappa shape index (κ1) is 27.5. The Kier molecular flexibility index (Phi) is 9.64. The van der Waals surface area contributed by atoms with E-state index in [0.717, 1.165) is 32.9 Å². The zero-order valence-electron chi connectivity index (χ0n) is 21.4.